The van der Waals surface area contributed by atoms with Crippen LogP contribution in [0.2, 0.25) is 0 Å². The summed E-state index contributed by atoms with van der Waals surface area (Å²) in [5, 5.41) is 10.7. The highest BCUT2D eigenvalue weighted by molar-refractivity contribution is 5.90. The number of aromatic hydroxyl groups is 1. The zero-order valence-corrected chi connectivity index (χ0v) is 8.24. The number of nitrogens with zero attached hydrogens (tertiary/aromatic N) is 1. The molecule has 0 radical (unpaired) electrons. The van der Waals surface area contributed by atoms with Gasteiger partial charge >= 0.3 is 0 Å². The standard InChI is InChI=1S/C11H10N2O2/c1-7-4-13-9-3-2-8(5-12-6-14)11(15)10(7)9/h2-4,13,15H,5H2,1H3. The summed E-state index contributed by atoms with van der Waals surface area (Å²) in [5.41, 5.74) is 2.48. The maximum atomic E-state index is 9.99. The Hall–Kier alpha value is -2.06. The van der Waals surface area contributed by atoms with Crippen molar-refractivity contribution in [1.29, 1.82) is 0 Å². The number of hydrogen-bond acceptors (Lipinski definition) is 3. The van der Waals surface area contributed by atoms with Gasteiger partial charge in [0.1, 0.15) is 5.75 Å². The lowest BCUT2D eigenvalue weighted by Gasteiger charge is -2.02. The van der Waals surface area contributed by atoms with Crippen LogP contribution in [0, 0.1) is 6.92 Å². The normalized spacial score (nSPS) is 10.2. The van der Waals surface area contributed by atoms with Gasteiger partial charge in [-0.15, -0.1) is 0 Å². The molecule has 0 aliphatic heterocycles. The Bertz CT molecular complexity index is 551. The van der Waals surface area contributed by atoms with E-state index in [4.69, 9.17) is 0 Å². The van der Waals surface area contributed by atoms with Crippen LogP contribution in [0.15, 0.2) is 23.3 Å². The average Bonchev–Trinajstić information content (AvgIpc) is 2.60. The van der Waals surface area contributed by atoms with Gasteiger partial charge in [-0.1, -0.05) is 6.07 Å². The van der Waals surface area contributed by atoms with E-state index in [2.05, 4.69) is 9.98 Å². The number of benzene rings is 1. The molecule has 2 rings (SSSR count). The smallest absolute Gasteiger partial charge is 0.235 e. The van der Waals surface area contributed by atoms with Crippen LogP contribution >= 0.6 is 0 Å². The molecular formula is C11H10N2O2. The summed E-state index contributed by atoms with van der Waals surface area (Å²) >= 11 is 0. The highest BCUT2D eigenvalue weighted by Gasteiger charge is 2.09. The van der Waals surface area contributed by atoms with E-state index >= 15 is 0 Å². The van der Waals surface area contributed by atoms with Gasteiger partial charge < -0.3 is 10.1 Å². The first-order chi connectivity index (χ1) is 7.24. The number of hydrogen-bond donors (Lipinski definition) is 2. The molecule has 0 amide bonds. The number of rotatable bonds is 2. The molecule has 0 unspecified atom stereocenters. The van der Waals surface area contributed by atoms with Gasteiger partial charge in [0.25, 0.3) is 0 Å². The van der Waals surface area contributed by atoms with Crippen LogP contribution in [-0.4, -0.2) is 16.2 Å². The Morgan fingerprint density at radius 3 is 3.07 bits per heavy atom. The van der Waals surface area contributed by atoms with E-state index in [1.165, 1.54) is 6.08 Å². The second-order valence-corrected chi connectivity index (χ2v) is 3.38. The van der Waals surface area contributed by atoms with Crippen molar-refractivity contribution >= 4 is 17.0 Å². The summed E-state index contributed by atoms with van der Waals surface area (Å²) < 4.78 is 0. The van der Waals surface area contributed by atoms with Gasteiger partial charge in [-0.2, -0.15) is 0 Å². The quantitative estimate of drug-likeness (QED) is 0.578. The molecule has 0 fully saturated rings. The van der Waals surface area contributed by atoms with Gasteiger partial charge in [0.15, 0.2) is 0 Å². The summed E-state index contributed by atoms with van der Waals surface area (Å²) in [6.07, 6.45) is 3.29. The van der Waals surface area contributed by atoms with Gasteiger partial charge in [-0.05, 0) is 18.6 Å². The molecule has 1 heterocycles. The minimum atomic E-state index is 0.163. The predicted octanol–water partition coefficient (Wildman–Crippen LogP) is 2.02. The lowest BCUT2D eigenvalue weighted by Crippen LogP contribution is -1.84. The van der Waals surface area contributed by atoms with Gasteiger partial charge in [-0.3, -0.25) is 0 Å². The lowest BCUT2D eigenvalue weighted by atomic mass is 10.1. The molecule has 0 bridgehead atoms. The minimum absolute atomic E-state index is 0.163. The van der Waals surface area contributed by atoms with Crippen molar-refractivity contribution in [3.05, 3.63) is 29.5 Å². The fourth-order valence-electron chi connectivity index (χ4n) is 1.66. The predicted molar refractivity (Wildman–Crippen MR) is 56.5 cm³/mol. The van der Waals surface area contributed by atoms with Gasteiger partial charge in [-0.25, -0.2) is 9.79 Å². The maximum absolute atomic E-state index is 9.99. The van der Waals surface area contributed by atoms with Crippen molar-refractivity contribution in [2.24, 2.45) is 4.99 Å². The largest absolute Gasteiger partial charge is 0.507 e. The van der Waals surface area contributed by atoms with E-state index in [9.17, 15) is 9.90 Å². The number of phenolic OH excluding ortho intramolecular Hbond substituents is 1. The summed E-state index contributed by atoms with van der Waals surface area (Å²) in [7, 11) is 0. The zero-order valence-electron chi connectivity index (χ0n) is 8.24. The molecule has 15 heavy (non-hydrogen) atoms. The topological polar surface area (TPSA) is 65.5 Å². The molecule has 76 valence electrons. The Morgan fingerprint density at radius 1 is 1.53 bits per heavy atom. The van der Waals surface area contributed by atoms with Crippen LogP contribution in [0.1, 0.15) is 11.1 Å². The number of aromatic amines is 1. The third-order valence-electron chi connectivity index (χ3n) is 2.41. The van der Waals surface area contributed by atoms with Gasteiger partial charge in [0.05, 0.1) is 6.54 Å². The average molecular weight is 202 g/mol. The third-order valence-corrected chi connectivity index (χ3v) is 2.41. The number of carbonyl (C=O) groups excluding carboxylic acids is 1. The van der Waals surface area contributed by atoms with Crippen molar-refractivity contribution < 1.29 is 9.90 Å². The van der Waals surface area contributed by atoms with Crippen molar-refractivity contribution in [1.82, 2.24) is 4.98 Å². The molecule has 2 aromatic rings. The first kappa shape index (κ1) is 9.49. The molecule has 0 saturated carbocycles. The van der Waals surface area contributed by atoms with Crippen molar-refractivity contribution in [3.63, 3.8) is 0 Å². The fourth-order valence-corrected chi connectivity index (χ4v) is 1.66. The highest BCUT2D eigenvalue weighted by Crippen LogP contribution is 2.31. The van der Waals surface area contributed by atoms with Gasteiger partial charge in [0.2, 0.25) is 6.08 Å². The van der Waals surface area contributed by atoms with Crippen LogP contribution in [-0.2, 0) is 11.3 Å². The van der Waals surface area contributed by atoms with E-state index in [0.717, 1.165) is 16.5 Å². The summed E-state index contributed by atoms with van der Waals surface area (Å²) in [5.74, 6) is 0.185. The Morgan fingerprint density at radius 2 is 2.33 bits per heavy atom. The number of phenols is 1. The van der Waals surface area contributed by atoms with Crippen LogP contribution in [0.3, 0.4) is 0 Å². The van der Waals surface area contributed by atoms with Crippen molar-refractivity contribution in [3.8, 4) is 5.75 Å². The second kappa shape index (κ2) is 3.59. The maximum Gasteiger partial charge on any atom is 0.235 e. The van der Waals surface area contributed by atoms with Crippen LogP contribution in [0.25, 0.3) is 10.9 Å². The van der Waals surface area contributed by atoms with Crippen molar-refractivity contribution in [2.45, 2.75) is 13.5 Å². The third kappa shape index (κ3) is 1.51. The van der Waals surface area contributed by atoms with Crippen LogP contribution in [0.4, 0.5) is 0 Å². The summed E-state index contributed by atoms with van der Waals surface area (Å²) in [4.78, 5) is 16.5. The summed E-state index contributed by atoms with van der Waals surface area (Å²) in [6, 6.07) is 3.60. The van der Waals surface area contributed by atoms with E-state index < -0.39 is 0 Å². The Labute approximate surface area is 86.3 Å². The molecule has 4 heteroatoms. The van der Waals surface area contributed by atoms with E-state index in [1.807, 2.05) is 19.2 Å². The number of isocyanates is 1. The van der Waals surface area contributed by atoms with E-state index in [-0.39, 0.29) is 12.3 Å². The Balaban J connectivity index is 2.62. The highest BCUT2D eigenvalue weighted by atomic mass is 16.3. The molecule has 1 aromatic carbocycles. The van der Waals surface area contributed by atoms with E-state index in [1.54, 1.807) is 6.07 Å². The molecular weight excluding hydrogens is 192 g/mol. The number of H-pyrrole nitrogens is 1. The van der Waals surface area contributed by atoms with E-state index in [0.29, 0.717) is 5.56 Å². The molecule has 0 atom stereocenters. The molecule has 2 N–H and O–H groups in total. The SMILES string of the molecule is Cc1c[nH]c2ccc(CN=C=O)c(O)c12. The first-order valence-corrected chi connectivity index (χ1v) is 4.56. The molecule has 0 aliphatic rings. The number of aliphatic imine (C=N–C) groups is 1. The molecule has 0 saturated heterocycles. The number of aromatic nitrogens is 1. The minimum Gasteiger partial charge on any atom is -0.507 e. The monoisotopic (exact) mass is 202 g/mol. The van der Waals surface area contributed by atoms with Crippen LogP contribution < -0.4 is 0 Å². The van der Waals surface area contributed by atoms with Crippen LogP contribution in [0.5, 0.6) is 5.75 Å². The molecule has 1 aromatic heterocycles. The molecule has 0 spiro atoms. The lowest BCUT2D eigenvalue weighted by molar-refractivity contribution is 0.474. The van der Waals surface area contributed by atoms with Crippen molar-refractivity contribution in [2.75, 3.05) is 0 Å². The summed E-state index contributed by atoms with van der Waals surface area (Å²) in [6.45, 7) is 2.07. The Kier molecular flexibility index (Phi) is 2.27. The zero-order chi connectivity index (χ0) is 10.8. The number of fused-ring (bicyclic) bond motifs is 1. The fraction of sp³-hybridized carbons (Fsp3) is 0.182. The number of nitrogens with one attached hydrogen (secondary N) is 1. The van der Waals surface area contributed by atoms with Gasteiger partial charge in [0, 0.05) is 22.7 Å². The second-order valence-electron chi connectivity index (χ2n) is 3.38. The molecule has 0 aliphatic carbocycles. The molecule has 4 nitrogen and oxygen atoms in total. The first-order valence-electron chi connectivity index (χ1n) is 4.56. The number of aryl methyl sites for hydroxylation is 1.